The van der Waals surface area contributed by atoms with Crippen LogP contribution in [0.5, 0.6) is 0 Å². The normalized spacial score (nSPS) is 20.5. The van der Waals surface area contributed by atoms with Gasteiger partial charge < -0.3 is 0 Å². The van der Waals surface area contributed by atoms with E-state index in [1.54, 1.807) is 0 Å². The summed E-state index contributed by atoms with van der Waals surface area (Å²) in [7, 11) is 0. The van der Waals surface area contributed by atoms with Crippen LogP contribution >= 0.6 is 0 Å². The van der Waals surface area contributed by atoms with Crippen LogP contribution in [0.2, 0.25) is 0 Å². The van der Waals surface area contributed by atoms with Gasteiger partial charge in [-0.15, -0.1) is 0 Å². The lowest BCUT2D eigenvalue weighted by molar-refractivity contribution is 0.192. The Balaban J connectivity index is 1.81. The van der Waals surface area contributed by atoms with E-state index in [0.717, 1.165) is 6.54 Å². The van der Waals surface area contributed by atoms with Gasteiger partial charge in [-0.1, -0.05) is 18.9 Å². The highest BCUT2D eigenvalue weighted by atomic mass is 15.2. The highest BCUT2D eigenvalue weighted by Gasteiger charge is 2.22. The lowest BCUT2D eigenvalue weighted by atomic mass is 10.0. The molecular weight excluding hydrogens is 246 g/mol. The number of hydrogen-bond acceptors (Lipinski definition) is 3. The molecule has 3 heterocycles. The predicted octanol–water partition coefficient (Wildman–Crippen LogP) is 3.59. The maximum Gasteiger partial charge on any atom is 0.0352 e. The van der Waals surface area contributed by atoms with Gasteiger partial charge >= 0.3 is 0 Å². The molecule has 0 saturated carbocycles. The van der Waals surface area contributed by atoms with Crippen LogP contribution in [0, 0.1) is 0 Å². The van der Waals surface area contributed by atoms with Crippen LogP contribution in [0.1, 0.15) is 42.9 Å². The maximum atomic E-state index is 4.23. The second-order valence-electron chi connectivity index (χ2n) is 5.48. The number of pyridine rings is 2. The van der Waals surface area contributed by atoms with Crippen LogP contribution in [0.4, 0.5) is 0 Å². The number of likely N-dealkylation sites (tertiary alicyclic amines) is 1. The minimum Gasteiger partial charge on any atom is -0.292 e. The molecule has 0 N–H and O–H groups in total. The van der Waals surface area contributed by atoms with Crippen LogP contribution in [-0.4, -0.2) is 21.4 Å². The van der Waals surface area contributed by atoms with E-state index in [1.807, 2.05) is 30.9 Å². The lowest BCUT2D eigenvalue weighted by Crippen LogP contribution is -2.28. The first-order chi connectivity index (χ1) is 9.93. The van der Waals surface area contributed by atoms with Gasteiger partial charge in [0, 0.05) is 37.4 Å². The number of rotatable bonds is 3. The molecule has 104 valence electrons. The van der Waals surface area contributed by atoms with Crippen molar-refractivity contribution in [2.45, 2.75) is 38.3 Å². The van der Waals surface area contributed by atoms with Gasteiger partial charge in [0.25, 0.3) is 0 Å². The van der Waals surface area contributed by atoms with Crippen LogP contribution in [0.15, 0.2) is 49.1 Å². The Morgan fingerprint density at radius 2 is 1.90 bits per heavy atom. The standard InChI is InChI=1S/C17H21N3/c1-2-6-17(16-7-10-18-11-8-16)20(12-3-1)14-15-5-4-9-19-13-15/h4-5,7-11,13,17H,1-3,6,12,14H2. The van der Waals surface area contributed by atoms with Gasteiger partial charge in [0.1, 0.15) is 0 Å². The molecule has 0 aliphatic carbocycles. The highest BCUT2D eigenvalue weighted by Crippen LogP contribution is 2.30. The quantitative estimate of drug-likeness (QED) is 0.851. The minimum atomic E-state index is 0.515. The number of aromatic nitrogens is 2. The zero-order valence-corrected chi connectivity index (χ0v) is 11.8. The van der Waals surface area contributed by atoms with Gasteiger partial charge in [0.05, 0.1) is 0 Å². The van der Waals surface area contributed by atoms with Crippen molar-refractivity contribution in [2.75, 3.05) is 6.54 Å². The predicted molar refractivity (Wildman–Crippen MR) is 80.1 cm³/mol. The van der Waals surface area contributed by atoms with Crippen molar-refractivity contribution < 1.29 is 0 Å². The van der Waals surface area contributed by atoms with Crippen molar-refractivity contribution in [1.29, 1.82) is 0 Å². The maximum absolute atomic E-state index is 4.23. The molecule has 1 saturated heterocycles. The van der Waals surface area contributed by atoms with Gasteiger partial charge in [0.15, 0.2) is 0 Å². The molecule has 1 unspecified atom stereocenters. The largest absolute Gasteiger partial charge is 0.292 e. The monoisotopic (exact) mass is 267 g/mol. The van der Waals surface area contributed by atoms with E-state index in [0.29, 0.717) is 6.04 Å². The Morgan fingerprint density at radius 3 is 2.70 bits per heavy atom. The first kappa shape index (κ1) is 13.3. The van der Waals surface area contributed by atoms with E-state index < -0.39 is 0 Å². The second kappa shape index (κ2) is 6.62. The van der Waals surface area contributed by atoms with Gasteiger partial charge in [0.2, 0.25) is 0 Å². The second-order valence-corrected chi connectivity index (χ2v) is 5.48. The molecule has 3 nitrogen and oxygen atoms in total. The van der Waals surface area contributed by atoms with E-state index in [2.05, 4.69) is 33.1 Å². The first-order valence-corrected chi connectivity index (χ1v) is 7.46. The van der Waals surface area contributed by atoms with Crippen LogP contribution in [0.3, 0.4) is 0 Å². The Kier molecular flexibility index (Phi) is 4.38. The molecule has 1 fully saturated rings. The fourth-order valence-electron chi connectivity index (χ4n) is 3.05. The molecule has 0 bridgehead atoms. The van der Waals surface area contributed by atoms with Crippen molar-refractivity contribution >= 4 is 0 Å². The zero-order valence-electron chi connectivity index (χ0n) is 11.8. The van der Waals surface area contributed by atoms with E-state index in [-0.39, 0.29) is 0 Å². The molecule has 3 rings (SSSR count). The van der Waals surface area contributed by atoms with Crippen LogP contribution < -0.4 is 0 Å². The molecule has 1 aliphatic heterocycles. The topological polar surface area (TPSA) is 29.0 Å². The van der Waals surface area contributed by atoms with Gasteiger partial charge in [-0.2, -0.15) is 0 Å². The van der Waals surface area contributed by atoms with Crippen molar-refractivity contribution in [1.82, 2.24) is 14.9 Å². The summed E-state index contributed by atoms with van der Waals surface area (Å²) in [4.78, 5) is 11.0. The number of nitrogens with zero attached hydrogens (tertiary/aromatic N) is 3. The first-order valence-electron chi connectivity index (χ1n) is 7.46. The summed E-state index contributed by atoms with van der Waals surface area (Å²) < 4.78 is 0. The summed E-state index contributed by atoms with van der Waals surface area (Å²) >= 11 is 0. The molecule has 2 aromatic rings. The van der Waals surface area contributed by atoms with Crippen molar-refractivity contribution in [3.63, 3.8) is 0 Å². The molecule has 3 heteroatoms. The zero-order chi connectivity index (χ0) is 13.6. The Hall–Kier alpha value is -1.74. The third-order valence-corrected chi connectivity index (χ3v) is 4.06. The molecule has 1 atom stereocenters. The average Bonchev–Trinajstić information content (AvgIpc) is 2.75. The van der Waals surface area contributed by atoms with Crippen molar-refractivity contribution in [3.05, 3.63) is 60.2 Å². The Labute approximate surface area is 120 Å². The van der Waals surface area contributed by atoms with Crippen molar-refractivity contribution in [3.8, 4) is 0 Å². The molecule has 2 aromatic heterocycles. The smallest absolute Gasteiger partial charge is 0.0352 e. The van der Waals surface area contributed by atoms with Crippen LogP contribution in [-0.2, 0) is 6.54 Å². The minimum absolute atomic E-state index is 0.515. The summed E-state index contributed by atoms with van der Waals surface area (Å²) in [5.74, 6) is 0. The summed E-state index contributed by atoms with van der Waals surface area (Å²) in [6.45, 7) is 2.16. The molecule has 20 heavy (non-hydrogen) atoms. The average molecular weight is 267 g/mol. The summed E-state index contributed by atoms with van der Waals surface area (Å²) in [5, 5.41) is 0. The molecule has 0 spiro atoms. The third kappa shape index (κ3) is 3.23. The fraction of sp³-hybridized carbons (Fsp3) is 0.412. The molecule has 0 aromatic carbocycles. The van der Waals surface area contributed by atoms with Gasteiger partial charge in [-0.05, 0) is 48.7 Å². The summed E-state index contributed by atoms with van der Waals surface area (Å²) in [5.41, 5.74) is 2.69. The molecule has 0 amide bonds. The van der Waals surface area contributed by atoms with Gasteiger partial charge in [-0.25, -0.2) is 0 Å². The number of hydrogen-bond donors (Lipinski definition) is 0. The SMILES string of the molecule is c1cncc(CN2CCCCCC2c2ccncc2)c1. The van der Waals surface area contributed by atoms with E-state index in [1.165, 1.54) is 43.4 Å². The highest BCUT2D eigenvalue weighted by molar-refractivity contribution is 5.17. The van der Waals surface area contributed by atoms with E-state index >= 15 is 0 Å². The van der Waals surface area contributed by atoms with Gasteiger partial charge in [-0.3, -0.25) is 14.9 Å². The Bertz CT molecular complexity index is 512. The lowest BCUT2D eigenvalue weighted by Gasteiger charge is -2.30. The van der Waals surface area contributed by atoms with E-state index in [9.17, 15) is 0 Å². The Morgan fingerprint density at radius 1 is 1.00 bits per heavy atom. The summed E-state index contributed by atoms with van der Waals surface area (Å²) in [6.07, 6.45) is 12.8. The van der Waals surface area contributed by atoms with Crippen LogP contribution in [0.25, 0.3) is 0 Å². The molecule has 0 radical (unpaired) electrons. The van der Waals surface area contributed by atoms with Crippen molar-refractivity contribution in [2.24, 2.45) is 0 Å². The van der Waals surface area contributed by atoms with E-state index in [4.69, 9.17) is 0 Å². The molecule has 1 aliphatic rings. The fourth-order valence-corrected chi connectivity index (χ4v) is 3.05. The molecular formula is C17H21N3. The third-order valence-electron chi connectivity index (χ3n) is 4.06. The summed E-state index contributed by atoms with van der Waals surface area (Å²) in [6, 6.07) is 9.02.